The van der Waals surface area contributed by atoms with Crippen LogP contribution in [0.15, 0.2) is 48.5 Å². The normalized spacial score (nSPS) is 23.9. The number of hydrogen-bond acceptors (Lipinski definition) is 0. The van der Waals surface area contributed by atoms with Gasteiger partial charge in [-0.05, 0) is 100 Å². The fourth-order valence-corrected chi connectivity index (χ4v) is 10.0. The van der Waals surface area contributed by atoms with Crippen molar-refractivity contribution >= 4 is 22.4 Å². The van der Waals surface area contributed by atoms with Crippen molar-refractivity contribution in [1.82, 2.24) is 0 Å². The maximum atomic E-state index is 2.66. The third-order valence-electron chi connectivity index (χ3n) is 11.8. The summed E-state index contributed by atoms with van der Waals surface area (Å²) >= 11 is 0. The number of fused-ring (bicyclic) bond motifs is 2. The Balaban J connectivity index is 1.63. The molecule has 0 amide bonds. The van der Waals surface area contributed by atoms with Gasteiger partial charge in [0.1, 0.15) is 0 Å². The molecule has 5 aliphatic carbocycles. The average Bonchev–Trinajstić information content (AvgIpc) is 3.25. The molecule has 1 atom stereocenters. The number of hydrogen-bond donors (Lipinski definition) is 0. The van der Waals surface area contributed by atoms with Crippen LogP contribution >= 0.6 is 0 Å². The number of benzene rings is 4. The molecule has 0 bridgehead atoms. The van der Waals surface area contributed by atoms with Gasteiger partial charge < -0.3 is 0 Å². The molecule has 9 rings (SSSR count). The van der Waals surface area contributed by atoms with Crippen LogP contribution in [0, 0.1) is 5.92 Å². The van der Waals surface area contributed by atoms with E-state index in [1.807, 2.05) is 0 Å². The third-order valence-corrected chi connectivity index (χ3v) is 11.8. The van der Waals surface area contributed by atoms with Crippen LogP contribution in [0.1, 0.15) is 106 Å². The monoisotopic (exact) mass is 492 g/mol. The highest BCUT2D eigenvalue weighted by Gasteiger charge is 2.52. The quantitative estimate of drug-likeness (QED) is 0.236. The van der Waals surface area contributed by atoms with E-state index in [9.17, 15) is 0 Å². The van der Waals surface area contributed by atoms with Crippen molar-refractivity contribution in [2.24, 2.45) is 5.92 Å². The Labute approximate surface area is 226 Å². The molecule has 0 spiro atoms. The van der Waals surface area contributed by atoms with Gasteiger partial charge in [0.15, 0.2) is 0 Å². The molecule has 4 aromatic carbocycles. The van der Waals surface area contributed by atoms with Gasteiger partial charge in [-0.3, -0.25) is 0 Å². The SMILES string of the molecule is CC1(C)c2cccc3c2-c2c1ccc1c4c5c(c(c21)C3(C)C)=CCC1C=5c2c(cccc2C1(C)C)C4(C)C. The van der Waals surface area contributed by atoms with Gasteiger partial charge >= 0.3 is 0 Å². The molecule has 38 heavy (non-hydrogen) atoms. The molecule has 4 aromatic rings. The molecule has 188 valence electrons. The lowest BCUT2D eigenvalue weighted by Gasteiger charge is -2.41. The van der Waals surface area contributed by atoms with Crippen LogP contribution in [-0.2, 0) is 21.7 Å². The fourth-order valence-electron chi connectivity index (χ4n) is 10.0. The molecule has 0 radical (unpaired) electrons. The van der Waals surface area contributed by atoms with Gasteiger partial charge in [-0.2, -0.15) is 0 Å². The standard InChI is InChI=1S/C38H36/c1-35(2)21-11-9-13-23-29(21)31-25(35)17-15-19-27(31)33(37(23,5)6)20-16-18-26-32-28(20)34(19)38(7,8)24-14-10-12-22(30(24)32)36(26,3)4/h9-17,26H,18H2,1-8H3. The second kappa shape index (κ2) is 5.89. The molecule has 0 N–H and O–H groups in total. The first-order valence-corrected chi connectivity index (χ1v) is 14.6. The van der Waals surface area contributed by atoms with Gasteiger partial charge in [0.25, 0.3) is 0 Å². The van der Waals surface area contributed by atoms with Crippen molar-refractivity contribution in [2.75, 3.05) is 0 Å². The summed E-state index contributed by atoms with van der Waals surface area (Å²) in [7, 11) is 0. The van der Waals surface area contributed by atoms with Gasteiger partial charge in [-0.1, -0.05) is 110 Å². The largest absolute Gasteiger partial charge is 0.0757 e. The van der Waals surface area contributed by atoms with E-state index in [1.165, 1.54) is 38.8 Å². The summed E-state index contributed by atoms with van der Waals surface area (Å²) in [6, 6.07) is 19.3. The van der Waals surface area contributed by atoms with Gasteiger partial charge in [0.2, 0.25) is 0 Å². The fraction of sp³-hybridized carbons (Fsp3) is 0.368. The molecule has 0 saturated carbocycles. The van der Waals surface area contributed by atoms with Crippen molar-refractivity contribution in [3.63, 3.8) is 0 Å². The van der Waals surface area contributed by atoms with Gasteiger partial charge in [-0.15, -0.1) is 0 Å². The van der Waals surface area contributed by atoms with Crippen molar-refractivity contribution in [3.8, 4) is 11.1 Å². The highest BCUT2D eigenvalue weighted by atomic mass is 14.5. The summed E-state index contributed by atoms with van der Waals surface area (Å²) in [6.45, 7) is 19.8. The van der Waals surface area contributed by atoms with Crippen molar-refractivity contribution in [2.45, 2.75) is 83.5 Å². The predicted octanol–water partition coefficient (Wildman–Crippen LogP) is 7.72. The minimum Gasteiger partial charge on any atom is -0.0757 e. The summed E-state index contributed by atoms with van der Waals surface area (Å²) in [5.41, 5.74) is 17.2. The maximum Gasteiger partial charge on any atom is 0.0165 e. The van der Waals surface area contributed by atoms with Crippen LogP contribution < -0.4 is 10.4 Å². The van der Waals surface area contributed by atoms with Gasteiger partial charge in [-0.25, -0.2) is 0 Å². The summed E-state index contributed by atoms with van der Waals surface area (Å²) in [5.74, 6) is 0.546. The predicted molar refractivity (Wildman–Crippen MR) is 160 cm³/mol. The van der Waals surface area contributed by atoms with E-state index in [4.69, 9.17) is 0 Å². The molecule has 0 saturated heterocycles. The smallest absolute Gasteiger partial charge is 0.0165 e. The van der Waals surface area contributed by atoms with Crippen molar-refractivity contribution in [1.29, 1.82) is 0 Å². The van der Waals surface area contributed by atoms with E-state index in [1.54, 1.807) is 43.7 Å². The Morgan fingerprint density at radius 2 is 1.16 bits per heavy atom. The zero-order valence-corrected chi connectivity index (χ0v) is 24.0. The van der Waals surface area contributed by atoms with E-state index in [0.717, 1.165) is 6.42 Å². The molecule has 0 aliphatic heterocycles. The minimum atomic E-state index is -0.0557. The maximum absolute atomic E-state index is 2.66. The average molecular weight is 493 g/mol. The highest BCUT2D eigenvalue weighted by molar-refractivity contribution is 6.10. The zero-order valence-electron chi connectivity index (χ0n) is 24.0. The van der Waals surface area contributed by atoms with Crippen LogP contribution in [0.2, 0.25) is 0 Å². The second-order valence-corrected chi connectivity index (χ2v) is 14.9. The Bertz CT molecular complexity index is 1990. The van der Waals surface area contributed by atoms with Gasteiger partial charge in [0.05, 0.1) is 0 Å². The highest BCUT2D eigenvalue weighted by Crippen LogP contribution is 2.61. The van der Waals surface area contributed by atoms with Crippen LogP contribution in [0.5, 0.6) is 0 Å². The lowest BCUT2D eigenvalue weighted by Crippen LogP contribution is -2.49. The van der Waals surface area contributed by atoms with E-state index in [2.05, 4.69) is 110 Å². The molecule has 0 fully saturated rings. The Hall–Kier alpha value is -3.12. The Morgan fingerprint density at radius 3 is 1.87 bits per heavy atom. The minimum absolute atomic E-state index is 0.0236. The summed E-state index contributed by atoms with van der Waals surface area (Å²) in [5, 5.41) is 6.18. The van der Waals surface area contributed by atoms with Crippen LogP contribution in [0.3, 0.4) is 0 Å². The Kier molecular flexibility index (Phi) is 3.37. The van der Waals surface area contributed by atoms with E-state index < -0.39 is 0 Å². The van der Waals surface area contributed by atoms with Gasteiger partial charge in [0, 0.05) is 16.2 Å². The Morgan fingerprint density at radius 1 is 0.579 bits per heavy atom. The van der Waals surface area contributed by atoms with Crippen molar-refractivity contribution < 1.29 is 0 Å². The van der Waals surface area contributed by atoms with Crippen LogP contribution in [0.4, 0.5) is 0 Å². The molecule has 5 aliphatic rings. The lowest BCUT2D eigenvalue weighted by molar-refractivity contribution is 0.419. The molecular formula is C38H36. The van der Waals surface area contributed by atoms with E-state index in [0.29, 0.717) is 5.92 Å². The summed E-state index contributed by atoms with van der Waals surface area (Å²) in [6.07, 6.45) is 3.79. The van der Waals surface area contributed by atoms with Crippen molar-refractivity contribution in [3.05, 3.63) is 103 Å². The summed E-state index contributed by atoms with van der Waals surface area (Å²) in [4.78, 5) is 0. The third kappa shape index (κ3) is 1.95. The zero-order chi connectivity index (χ0) is 26.3. The molecular weight excluding hydrogens is 456 g/mol. The molecule has 0 aromatic heterocycles. The molecule has 0 heteroatoms. The second-order valence-electron chi connectivity index (χ2n) is 14.9. The van der Waals surface area contributed by atoms with E-state index >= 15 is 0 Å². The first kappa shape index (κ1) is 21.8. The molecule has 0 nitrogen and oxygen atoms in total. The lowest BCUT2D eigenvalue weighted by atomic mass is 9.61. The van der Waals surface area contributed by atoms with Crippen LogP contribution in [-0.4, -0.2) is 0 Å². The summed E-state index contributed by atoms with van der Waals surface area (Å²) < 4.78 is 0. The number of rotatable bonds is 0. The first-order chi connectivity index (χ1) is 17.9. The molecule has 0 heterocycles. The van der Waals surface area contributed by atoms with E-state index in [-0.39, 0.29) is 21.7 Å². The molecule has 1 unspecified atom stereocenters. The van der Waals surface area contributed by atoms with Crippen LogP contribution in [0.25, 0.3) is 33.5 Å². The first-order valence-electron chi connectivity index (χ1n) is 14.6. The topological polar surface area (TPSA) is 0 Å².